The number of anilines is 1. The van der Waals surface area contributed by atoms with Crippen LogP contribution in [0, 0.1) is 5.92 Å². The summed E-state index contributed by atoms with van der Waals surface area (Å²) in [4.78, 5) is 25.3. The van der Waals surface area contributed by atoms with Crippen molar-refractivity contribution in [2.45, 2.75) is 27.2 Å². The third-order valence-corrected chi connectivity index (χ3v) is 5.40. The molecule has 2 aromatic carbocycles. The van der Waals surface area contributed by atoms with Crippen LogP contribution < -0.4 is 5.32 Å². The van der Waals surface area contributed by atoms with E-state index < -0.39 is 0 Å². The van der Waals surface area contributed by atoms with Crippen LogP contribution in [-0.4, -0.2) is 18.5 Å². The Morgan fingerprint density at radius 2 is 1.66 bits per heavy atom. The Labute approximate surface area is 175 Å². The Morgan fingerprint density at radius 3 is 2.28 bits per heavy atom. The van der Waals surface area contributed by atoms with Crippen molar-refractivity contribution in [2.75, 3.05) is 11.9 Å². The number of thiophene rings is 1. The Kier molecular flexibility index (Phi) is 6.83. The van der Waals surface area contributed by atoms with E-state index in [1.54, 1.807) is 19.1 Å². The van der Waals surface area contributed by atoms with Gasteiger partial charge in [-0.2, -0.15) is 0 Å². The predicted molar refractivity (Wildman–Crippen MR) is 119 cm³/mol. The summed E-state index contributed by atoms with van der Waals surface area (Å²) >= 11 is 1.36. The molecule has 5 heteroatoms. The molecule has 0 saturated carbocycles. The second-order valence-corrected chi connectivity index (χ2v) is 8.06. The summed E-state index contributed by atoms with van der Waals surface area (Å²) in [5.74, 6) is -0.237. The maximum atomic E-state index is 12.8. The number of benzene rings is 2. The van der Waals surface area contributed by atoms with Crippen LogP contribution in [0.1, 0.15) is 47.1 Å². The van der Waals surface area contributed by atoms with Crippen LogP contribution in [-0.2, 0) is 11.2 Å². The zero-order valence-electron chi connectivity index (χ0n) is 16.9. The molecule has 0 aliphatic rings. The maximum absolute atomic E-state index is 12.8. The van der Waals surface area contributed by atoms with Crippen LogP contribution >= 0.6 is 11.3 Å². The van der Waals surface area contributed by atoms with Gasteiger partial charge in [-0.25, -0.2) is 4.79 Å². The van der Waals surface area contributed by atoms with Gasteiger partial charge in [-0.05, 0) is 53.5 Å². The van der Waals surface area contributed by atoms with E-state index in [0.29, 0.717) is 28.7 Å². The van der Waals surface area contributed by atoms with E-state index in [4.69, 9.17) is 4.74 Å². The van der Waals surface area contributed by atoms with Crippen LogP contribution in [0.15, 0.2) is 60.0 Å². The number of rotatable bonds is 7. The van der Waals surface area contributed by atoms with Crippen molar-refractivity contribution in [1.29, 1.82) is 0 Å². The minimum absolute atomic E-state index is 0.242. The molecule has 3 rings (SSSR count). The molecule has 29 heavy (non-hydrogen) atoms. The second-order valence-electron chi connectivity index (χ2n) is 7.18. The molecule has 1 heterocycles. The molecule has 0 unspecified atom stereocenters. The molecule has 0 atom stereocenters. The van der Waals surface area contributed by atoms with Crippen LogP contribution in [0.25, 0.3) is 11.1 Å². The average molecular weight is 408 g/mol. The van der Waals surface area contributed by atoms with Crippen molar-refractivity contribution in [2.24, 2.45) is 5.92 Å². The fraction of sp³-hybridized carbons (Fsp3) is 0.250. The first-order chi connectivity index (χ1) is 14.0. The van der Waals surface area contributed by atoms with E-state index in [1.807, 2.05) is 47.8 Å². The molecule has 0 fully saturated rings. The summed E-state index contributed by atoms with van der Waals surface area (Å²) in [6, 6.07) is 17.4. The van der Waals surface area contributed by atoms with Gasteiger partial charge in [0.1, 0.15) is 5.00 Å². The van der Waals surface area contributed by atoms with Gasteiger partial charge in [0.15, 0.2) is 0 Å². The van der Waals surface area contributed by atoms with E-state index >= 15 is 0 Å². The van der Waals surface area contributed by atoms with Gasteiger partial charge in [-0.15, -0.1) is 11.3 Å². The van der Waals surface area contributed by atoms with E-state index in [0.717, 1.165) is 23.1 Å². The summed E-state index contributed by atoms with van der Waals surface area (Å²) in [6.45, 7) is 6.27. The van der Waals surface area contributed by atoms with Crippen molar-refractivity contribution in [1.82, 2.24) is 0 Å². The van der Waals surface area contributed by atoms with Gasteiger partial charge >= 0.3 is 5.97 Å². The molecular weight excluding hydrogens is 382 g/mol. The number of esters is 1. The highest BCUT2D eigenvalue weighted by Gasteiger charge is 2.22. The number of amides is 1. The van der Waals surface area contributed by atoms with Gasteiger partial charge in [0.05, 0.1) is 12.2 Å². The zero-order valence-corrected chi connectivity index (χ0v) is 17.7. The van der Waals surface area contributed by atoms with E-state index in [1.165, 1.54) is 11.3 Å². The Morgan fingerprint density at radius 1 is 1.00 bits per heavy atom. The lowest BCUT2D eigenvalue weighted by Crippen LogP contribution is -2.15. The van der Waals surface area contributed by atoms with Crippen molar-refractivity contribution < 1.29 is 14.3 Å². The lowest BCUT2D eigenvalue weighted by atomic mass is 10.0. The second kappa shape index (κ2) is 9.52. The molecule has 1 aromatic heterocycles. The minimum atomic E-state index is -0.390. The van der Waals surface area contributed by atoms with Gasteiger partial charge in [0.2, 0.25) is 0 Å². The molecule has 1 N–H and O–H groups in total. The lowest BCUT2D eigenvalue weighted by Gasteiger charge is -2.10. The highest BCUT2D eigenvalue weighted by atomic mass is 32.1. The summed E-state index contributed by atoms with van der Waals surface area (Å²) in [7, 11) is 0. The van der Waals surface area contributed by atoms with Crippen LogP contribution in [0.4, 0.5) is 5.00 Å². The van der Waals surface area contributed by atoms with Crippen molar-refractivity contribution in [3.05, 3.63) is 76.7 Å². The summed E-state index contributed by atoms with van der Waals surface area (Å²) in [6.07, 6.45) is 0.756. The van der Waals surface area contributed by atoms with E-state index in [-0.39, 0.29) is 11.9 Å². The van der Waals surface area contributed by atoms with Gasteiger partial charge in [-0.3, -0.25) is 4.79 Å². The Balaban J connectivity index is 1.81. The molecule has 3 aromatic rings. The quantitative estimate of drug-likeness (QED) is 0.486. The lowest BCUT2D eigenvalue weighted by molar-refractivity contribution is 0.0527. The molecule has 0 spiro atoms. The molecule has 0 bridgehead atoms. The molecule has 0 aliphatic carbocycles. The first kappa shape index (κ1) is 20.8. The first-order valence-electron chi connectivity index (χ1n) is 9.74. The largest absolute Gasteiger partial charge is 0.462 e. The molecule has 1 amide bonds. The van der Waals surface area contributed by atoms with E-state index in [2.05, 4.69) is 19.2 Å². The van der Waals surface area contributed by atoms with Gasteiger partial charge in [0, 0.05) is 5.56 Å². The number of nitrogens with one attached hydrogen (secondary N) is 1. The number of ether oxygens (including phenoxy) is 1. The fourth-order valence-corrected chi connectivity index (χ4v) is 4.08. The third kappa shape index (κ3) is 5.12. The van der Waals surface area contributed by atoms with Crippen molar-refractivity contribution in [3.8, 4) is 11.1 Å². The Hall–Kier alpha value is -2.92. The van der Waals surface area contributed by atoms with Crippen molar-refractivity contribution in [3.63, 3.8) is 0 Å². The number of hydrogen-bond donors (Lipinski definition) is 1. The molecular formula is C24H25NO3S. The third-order valence-electron chi connectivity index (χ3n) is 4.46. The van der Waals surface area contributed by atoms with E-state index in [9.17, 15) is 9.59 Å². The topological polar surface area (TPSA) is 55.4 Å². The van der Waals surface area contributed by atoms with Crippen molar-refractivity contribution >= 4 is 28.2 Å². The smallest absolute Gasteiger partial charge is 0.341 e. The summed E-state index contributed by atoms with van der Waals surface area (Å²) < 4.78 is 5.22. The molecule has 0 aliphatic heterocycles. The van der Waals surface area contributed by atoms with Gasteiger partial charge in [-0.1, -0.05) is 56.3 Å². The van der Waals surface area contributed by atoms with Gasteiger partial charge < -0.3 is 10.1 Å². The summed E-state index contributed by atoms with van der Waals surface area (Å²) in [5, 5.41) is 5.37. The fourth-order valence-electron chi connectivity index (χ4n) is 3.12. The zero-order chi connectivity index (χ0) is 20.8. The Bertz CT molecular complexity index is 975. The molecule has 0 saturated heterocycles. The standard InChI is InChI=1S/C24H25NO3S/c1-4-28-24(27)21-20(14-16(2)3)15-29-23(21)25-22(26)19-12-10-18(11-13-19)17-8-6-5-7-9-17/h5-13,15-16H,4,14H2,1-3H3,(H,25,26). The monoisotopic (exact) mass is 407 g/mol. The van der Waals surface area contributed by atoms with Crippen LogP contribution in [0.3, 0.4) is 0 Å². The molecule has 0 radical (unpaired) electrons. The van der Waals surface area contributed by atoms with Crippen LogP contribution in [0.2, 0.25) is 0 Å². The minimum Gasteiger partial charge on any atom is -0.462 e. The number of carbonyl (C=O) groups excluding carboxylic acids is 2. The highest BCUT2D eigenvalue weighted by Crippen LogP contribution is 2.31. The maximum Gasteiger partial charge on any atom is 0.341 e. The SMILES string of the molecule is CCOC(=O)c1c(CC(C)C)csc1NC(=O)c1ccc(-c2ccccc2)cc1. The highest BCUT2D eigenvalue weighted by molar-refractivity contribution is 7.15. The molecule has 4 nitrogen and oxygen atoms in total. The normalized spacial score (nSPS) is 10.8. The van der Waals surface area contributed by atoms with Crippen LogP contribution in [0.5, 0.6) is 0 Å². The number of hydrogen-bond acceptors (Lipinski definition) is 4. The summed E-state index contributed by atoms with van der Waals surface area (Å²) in [5.41, 5.74) is 4.07. The molecule has 150 valence electrons. The van der Waals surface area contributed by atoms with Gasteiger partial charge in [0.25, 0.3) is 5.91 Å². The average Bonchev–Trinajstić information content (AvgIpc) is 3.10. The predicted octanol–water partition coefficient (Wildman–Crippen LogP) is 6.04. The number of carbonyl (C=O) groups is 2. The first-order valence-corrected chi connectivity index (χ1v) is 10.6.